The van der Waals surface area contributed by atoms with Gasteiger partial charge in [-0.1, -0.05) is 6.42 Å². The minimum Gasteiger partial charge on any atom is -0.480 e. The fraction of sp³-hybridized carbons (Fsp3) is 0.944. The Labute approximate surface area is 184 Å². The van der Waals surface area contributed by atoms with Crippen molar-refractivity contribution in [2.75, 3.05) is 26.3 Å². The Morgan fingerprint density at radius 1 is 1.16 bits per heavy atom. The largest absolute Gasteiger partial charge is 0.480 e. The van der Waals surface area contributed by atoms with Gasteiger partial charge in [0.25, 0.3) is 0 Å². The number of nitrogens with one attached hydrogen (secondary N) is 1. The van der Waals surface area contributed by atoms with E-state index in [2.05, 4.69) is 5.32 Å². The van der Waals surface area contributed by atoms with Gasteiger partial charge in [0.05, 0.1) is 19.8 Å². The quantitative estimate of drug-likeness (QED) is 0.127. The number of aliphatic hydroxyl groups excluding tert-OH is 6. The number of aliphatic hydroxyl groups is 7. The SMILES string of the molecule is N[C@@H](CCCCNC[C@@]1(O)OC[C@@H](O)[C@@H](O[C@H]2O[C@H](CO)[C@@H](O)[C@H](O)[C@H]2O)[C@@H]1O)C(=O)O. The fourth-order valence-corrected chi connectivity index (χ4v) is 3.54. The van der Waals surface area contributed by atoms with Crippen LogP contribution in [0.3, 0.4) is 0 Å². The molecule has 0 aromatic carbocycles. The summed E-state index contributed by atoms with van der Waals surface area (Å²) in [6, 6.07) is -0.954. The molecule has 0 radical (unpaired) electrons. The van der Waals surface area contributed by atoms with Gasteiger partial charge in [0, 0.05) is 0 Å². The first kappa shape index (κ1) is 27.2. The zero-order valence-corrected chi connectivity index (χ0v) is 17.4. The first-order chi connectivity index (χ1) is 15.0. The zero-order chi connectivity index (χ0) is 24.1. The van der Waals surface area contributed by atoms with E-state index in [-0.39, 0.29) is 13.0 Å². The molecule has 0 spiro atoms. The molecule has 0 aromatic rings. The van der Waals surface area contributed by atoms with Crippen molar-refractivity contribution in [3.63, 3.8) is 0 Å². The van der Waals surface area contributed by atoms with Gasteiger partial charge in [-0.05, 0) is 19.4 Å². The van der Waals surface area contributed by atoms with Crippen molar-refractivity contribution in [1.29, 1.82) is 0 Å². The third kappa shape index (κ3) is 6.53. The van der Waals surface area contributed by atoms with Gasteiger partial charge in [-0.2, -0.15) is 0 Å². The summed E-state index contributed by atoms with van der Waals surface area (Å²) in [6.07, 6.45) is -11.3. The summed E-state index contributed by atoms with van der Waals surface area (Å²) in [5.74, 6) is -3.26. The molecule has 0 bridgehead atoms. The summed E-state index contributed by atoms with van der Waals surface area (Å²) in [5, 5.41) is 82.1. The van der Waals surface area contributed by atoms with Gasteiger partial charge in [-0.3, -0.25) is 4.79 Å². The van der Waals surface area contributed by atoms with E-state index in [1.807, 2.05) is 0 Å². The second kappa shape index (κ2) is 11.9. The molecule has 14 nitrogen and oxygen atoms in total. The second-order valence-electron chi connectivity index (χ2n) is 8.08. The van der Waals surface area contributed by atoms with Gasteiger partial charge >= 0.3 is 5.97 Å². The van der Waals surface area contributed by atoms with Crippen LogP contribution in [0.15, 0.2) is 0 Å². The Kier molecular flexibility index (Phi) is 10.1. The van der Waals surface area contributed by atoms with Gasteiger partial charge in [0.15, 0.2) is 6.29 Å². The van der Waals surface area contributed by atoms with Gasteiger partial charge in [0.1, 0.15) is 48.8 Å². The molecule has 11 N–H and O–H groups in total. The van der Waals surface area contributed by atoms with Crippen LogP contribution in [0.5, 0.6) is 0 Å². The molecule has 0 unspecified atom stereocenters. The van der Waals surface area contributed by atoms with Crippen molar-refractivity contribution in [2.24, 2.45) is 5.73 Å². The van der Waals surface area contributed by atoms with Gasteiger partial charge in [0.2, 0.25) is 5.79 Å². The molecule has 0 amide bonds. The third-order valence-electron chi connectivity index (χ3n) is 5.61. The van der Waals surface area contributed by atoms with E-state index in [1.54, 1.807) is 0 Å². The van der Waals surface area contributed by atoms with Gasteiger partial charge < -0.3 is 66.1 Å². The highest BCUT2D eigenvalue weighted by molar-refractivity contribution is 5.72. The molecule has 2 heterocycles. The molecule has 10 atom stereocenters. The van der Waals surface area contributed by atoms with Gasteiger partial charge in [-0.15, -0.1) is 0 Å². The number of ether oxygens (including phenoxy) is 3. The van der Waals surface area contributed by atoms with Crippen molar-refractivity contribution in [3.05, 3.63) is 0 Å². The van der Waals surface area contributed by atoms with Crippen LogP contribution in [0, 0.1) is 0 Å². The van der Waals surface area contributed by atoms with Crippen LogP contribution in [-0.2, 0) is 19.0 Å². The standard InChI is InChI=1S/C18H34N2O12/c19-8(16(27)28)3-1-2-4-20-7-18(29)15(26)14(9(22)6-30-18)32-17-13(25)12(24)11(23)10(5-21)31-17/h8-15,17,20-26,29H,1-7,19H2,(H,27,28)/t8-,9+,10+,11+,12-,13+,14+,15-,17+,18+/m0/s1. The van der Waals surface area contributed by atoms with E-state index in [0.29, 0.717) is 19.4 Å². The van der Waals surface area contributed by atoms with E-state index in [4.69, 9.17) is 25.1 Å². The minimum absolute atomic E-state index is 0.263. The maximum Gasteiger partial charge on any atom is 0.320 e. The number of nitrogens with two attached hydrogens (primary N) is 1. The number of rotatable bonds is 11. The monoisotopic (exact) mass is 470 g/mol. The first-order valence-corrected chi connectivity index (χ1v) is 10.4. The second-order valence-corrected chi connectivity index (χ2v) is 8.08. The van der Waals surface area contributed by atoms with E-state index in [0.717, 1.165) is 0 Å². The lowest BCUT2D eigenvalue weighted by atomic mass is 9.95. The Balaban J connectivity index is 1.89. The first-order valence-electron chi connectivity index (χ1n) is 10.4. The fourth-order valence-electron chi connectivity index (χ4n) is 3.54. The molecule has 2 fully saturated rings. The molecule has 0 saturated carbocycles. The highest BCUT2D eigenvalue weighted by Gasteiger charge is 2.52. The maximum atomic E-state index is 10.7. The van der Waals surface area contributed by atoms with Gasteiger partial charge in [-0.25, -0.2) is 0 Å². The molecule has 0 aliphatic carbocycles. The van der Waals surface area contributed by atoms with Crippen LogP contribution in [0.2, 0.25) is 0 Å². The summed E-state index contributed by atoms with van der Waals surface area (Å²) < 4.78 is 15.8. The number of unbranched alkanes of at least 4 members (excludes halogenated alkanes) is 1. The molecular formula is C18H34N2O12. The molecule has 14 heteroatoms. The Bertz CT molecular complexity index is 598. The number of carboxylic acids is 1. The predicted molar refractivity (Wildman–Crippen MR) is 104 cm³/mol. The molecule has 2 aliphatic heterocycles. The van der Waals surface area contributed by atoms with Crippen molar-refractivity contribution in [3.8, 4) is 0 Å². The van der Waals surface area contributed by atoms with E-state index in [9.17, 15) is 40.5 Å². The molecule has 0 aromatic heterocycles. The van der Waals surface area contributed by atoms with Crippen LogP contribution < -0.4 is 11.1 Å². The Morgan fingerprint density at radius 3 is 2.47 bits per heavy atom. The summed E-state index contributed by atoms with van der Waals surface area (Å²) in [5.41, 5.74) is 5.41. The van der Waals surface area contributed by atoms with Crippen molar-refractivity contribution >= 4 is 5.97 Å². The average Bonchev–Trinajstić information content (AvgIpc) is 2.76. The molecule has 2 saturated heterocycles. The molecule has 188 valence electrons. The van der Waals surface area contributed by atoms with Crippen molar-refractivity contribution < 1.29 is 59.9 Å². The average molecular weight is 470 g/mol. The number of aliphatic carboxylic acids is 1. The lowest BCUT2D eigenvalue weighted by molar-refractivity contribution is -0.367. The van der Waals surface area contributed by atoms with Crippen molar-refractivity contribution in [2.45, 2.75) is 80.1 Å². The van der Waals surface area contributed by atoms with Crippen LogP contribution >= 0.6 is 0 Å². The van der Waals surface area contributed by atoms with Crippen LogP contribution in [0.4, 0.5) is 0 Å². The van der Waals surface area contributed by atoms with E-state index < -0.39 is 80.0 Å². The molecule has 32 heavy (non-hydrogen) atoms. The maximum absolute atomic E-state index is 10.7. The Hall–Kier alpha value is -1.01. The van der Waals surface area contributed by atoms with Crippen LogP contribution in [0.25, 0.3) is 0 Å². The number of hydrogen-bond acceptors (Lipinski definition) is 13. The summed E-state index contributed by atoms with van der Waals surface area (Å²) in [6.45, 7) is -1.02. The van der Waals surface area contributed by atoms with Crippen LogP contribution in [-0.4, -0.2) is 134 Å². The number of hydrogen-bond donors (Lipinski definition) is 10. The summed E-state index contributed by atoms with van der Waals surface area (Å²) in [4.78, 5) is 10.7. The van der Waals surface area contributed by atoms with E-state index >= 15 is 0 Å². The molecular weight excluding hydrogens is 436 g/mol. The highest BCUT2D eigenvalue weighted by atomic mass is 16.7. The van der Waals surface area contributed by atoms with E-state index in [1.165, 1.54) is 0 Å². The molecule has 2 aliphatic rings. The summed E-state index contributed by atoms with van der Waals surface area (Å²) >= 11 is 0. The third-order valence-corrected chi connectivity index (χ3v) is 5.61. The smallest absolute Gasteiger partial charge is 0.320 e. The Morgan fingerprint density at radius 2 is 1.84 bits per heavy atom. The lowest BCUT2D eigenvalue weighted by Gasteiger charge is -2.46. The number of carbonyl (C=O) groups is 1. The summed E-state index contributed by atoms with van der Waals surface area (Å²) in [7, 11) is 0. The molecule has 2 rings (SSSR count). The number of carboxylic acid groups (broad SMARTS) is 1. The zero-order valence-electron chi connectivity index (χ0n) is 17.4. The predicted octanol–water partition coefficient (Wildman–Crippen LogP) is -5.22. The topological polar surface area (TPSA) is 245 Å². The highest BCUT2D eigenvalue weighted by Crippen LogP contribution is 2.30. The minimum atomic E-state index is -2.17. The van der Waals surface area contributed by atoms with Crippen LogP contribution in [0.1, 0.15) is 19.3 Å². The van der Waals surface area contributed by atoms with Crippen molar-refractivity contribution in [1.82, 2.24) is 5.32 Å². The lowest BCUT2D eigenvalue weighted by Crippen LogP contribution is -2.67. The normalized spacial score (nSPS) is 41.4.